The fraction of sp³-hybridized carbons (Fsp3) is 0.231. The van der Waals surface area contributed by atoms with Crippen LogP contribution in [0.4, 0.5) is 28.9 Å². The molecular formula is C39H40F4N4O8S2. The van der Waals surface area contributed by atoms with Gasteiger partial charge in [-0.05, 0) is 96.8 Å². The normalized spacial score (nSPS) is 12.6. The van der Waals surface area contributed by atoms with Crippen molar-refractivity contribution >= 4 is 43.2 Å². The van der Waals surface area contributed by atoms with E-state index in [0.717, 1.165) is 34.1 Å². The molecule has 0 aromatic heterocycles. The van der Waals surface area contributed by atoms with Crippen LogP contribution in [-0.2, 0) is 42.5 Å². The van der Waals surface area contributed by atoms with E-state index in [-0.39, 0.29) is 35.6 Å². The second kappa shape index (κ2) is 19.5. The summed E-state index contributed by atoms with van der Waals surface area (Å²) in [6, 6.07) is 13.1. The van der Waals surface area contributed by atoms with Crippen molar-refractivity contribution in [3.63, 3.8) is 0 Å². The van der Waals surface area contributed by atoms with Gasteiger partial charge in [-0.1, -0.05) is 12.2 Å². The maximum atomic E-state index is 14.2. The third-order valence-corrected chi connectivity index (χ3v) is 12.0. The number of rotatable bonds is 20. The van der Waals surface area contributed by atoms with Crippen LogP contribution in [0.5, 0.6) is 11.5 Å². The molecular weight excluding hydrogens is 793 g/mol. The number of ether oxygens (including phenoxy) is 2. The van der Waals surface area contributed by atoms with Crippen LogP contribution < -0.4 is 28.7 Å². The largest absolute Gasteiger partial charge is 0.497 e. The summed E-state index contributed by atoms with van der Waals surface area (Å²) in [6.45, 7) is 6.94. The number of benzene rings is 4. The van der Waals surface area contributed by atoms with E-state index >= 15 is 0 Å². The van der Waals surface area contributed by atoms with E-state index in [1.54, 1.807) is 0 Å². The summed E-state index contributed by atoms with van der Waals surface area (Å²) in [5.41, 5.74) is 0.217. The number of hydrogen-bond acceptors (Lipinski definition) is 8. The lowest BCUT2D eigenvalue weighted by Crippen LogP contribution is -2.53. The maximum absolute atomic E-state index is 14.2. The average molecular weight is 833 g/mol. The monoisotopic (exact) mass is 832 g/mol. The number of amides is 2. The van der Waals surface area contributed by atoms with Gasteiger partial charge in [0.15, 0.2) is 5.08 Å². The fourth-order valence-corrected chi connectivity index (χ4v) is 9.21. The highest BCUT2D eigenvalue weighted by Crippen LogP contribution is 2.24. The van der Waals surface area contributed by atoms with Crippen LogP contribution >= 0.6 is 0 Å². The van der Waals surface area contributed by atoms with Crippen LogP contribution in [0.3, 0.4) is 0 Å². The molecule has 0 aliphatic heterocycles. The molecule has 0 saturated carbocycles. The van der Waals surface area contributed by atoms with Crippen LogP contribution in [-0.4, -0.2) is 73.1 Å². The molecule has 0 spiro atoms. The number of carbonyl (C=O) groups is 2. The van der Waals surface area contributed by atoms with Crippen molar-refractivity contribution in [2.75, 3.05) is 42.2 Å². The number of methoxy groups -OCH3 is 2. The first-order chi connectivity index (χ1) is 27.0. The van der Waals surface area contributed by atoms with Gasteiger partial charge < -0.3 is 19.3 Å². The van der Waals surface area contributed by atoms with Gasteiger partial charge in [-0.2, -0.15) is 0 Å². The third-order valence-electron chi connectivity index (χ3n) is 8.20. The molecule has 4 aromatic rings. The van der Waals surface area contributed by atoms with Crippen LogP contribution in [0.1, 0.15) is 11.1 Å². The lowest BCUT2D eigenvalue weighted by atomic mass is 10.0. The van der Waals surface area contributed by atoms with Crippen molar-refractivity contribution in [2.45, 2.75) is 24.9 Å². The molecule has 4 aromatic carbocycles. The highest BCUT2D eigenvalue weighted by atomic mass is 32.3. The van der Waals surface area contributed by atoms with Crippen molar-refractivity contribution < 1.29 is 53.5 Å². The quantitative estimate of drug-likeness (QED) is 0.0932. The lowest BCUT2D eigenvalue weighted by Gasteiger charge is -2.28. The van der Waals surface area contributed by atoms with Gasteiger partial charge in [0.25, 0.3) is 0 Å². The summed E-state index contributed by atoms with van der Waals surface area (Å²) in [5.74, 6) is -5.08. The second-order valence-electron chi connectivity index (χ2n) is 12.5. The SMILES string of the molecule is C=CCN(C(=O)[C@H](Cc1cc(F)cc(F)c1)NS(=O)(=O)CS(=O)(=O)N[C@@H](Cc1cc(F)cc(F)c1)C(=O)N(CC=C)c1ccc(OC)cc1)c1ccc(OC)cc1. The van der Waals surface area contributed by atoms with Crippen molar-refractivity contribution in [2.24, 2.45) is 0 Å². The highest BCUT2D eigenvalue weighted by Gasteiger charge is 2.35. The summed E-state index contributed by atoms with van der Waals surface area (Å²) in [5, 5.41) is -1.75. The Morgan fingerprint density at radius 3 is 1.21 bits per heavy atom. The molecule has 304 valence electrons. The van der Waals surface area contributed by atoms with Crippen molar-refractivity contribution in [3.8, 4) is 11.5 Å². The maximum Gasteiger partial charge on any atom is 0.245 e. The number of anilines is 2. The Hall–Kier alpha value is -5.56. The molecule has 0 bridgehead atoms. The Kier molecular flexibility index (Phi) is 15.1. The minimum atomic E-state index is -5.07. The van der Waals surface area contributed by atoms with Gasteiger partial charge in [-0.3, -0.25) is 9.59 Å². The summed E-state index contributed by atoms with van der Waals surface area (Å²) in [7, 11) is -7.30. The predicted molar refractivity (Wildman–Crippen MR) is 208 cm³/mol. The minimum Gasteiger partial charge on any atom is -0.497 e. The van der Waals surface area contributed by atoms with E-state index in [1.165, 1.54) is 74.9 Å². The molecule has 0 saturated heterocycles. The molecule has 2 atom stereocenters. The number of halogens is 4. The van der Waals surface area contributed by atoms with Crippen molar-refractivity contribution in [1.82, 2.24) is 9.44 Å². The third kappa shape index (κ3) is 12.7. The Labute approximate surface area is 328 Å². The standard InChI is InChI=1S/C39H40F4N4O8S2/c1-5-15-46(32-7-11-34(54-3)12-8-32)38(48)36(21-26-17-28(40)23-29(41)18-26)44-56(50,51)25-57(52,53)45-37(22-27-19-30(42)24-31(43)20-27)39(49)47(16-6-2)33-9-13-35(55-4)14-10-33/h5-14,17-20,23-24,36-37,44-45H,1-2,15-16,21-22,25H2,3-4H3/t36-,37-/m0/s1. The molecule has 0 heterocycles. The molecule has 57 heavy (non-hydrogen) atoms. The summed E-state index contributed by atoms with van der Waals surface area (Å²) in [6.07, 6.45) is 1.42. The highest BCUT2D eigenvalue weighted by molar-refractivity contribution is 8.06. The van der Waals surface area contributed by atoms with Gasteiger partial charge in [-0.25, -0.2) is 43.8 Å². The zero-order valence-corrected chi connectivity index (χ0v) is 32.5. The zero-order chi connectivity index (χ0) is 41.9. The number of carbonyl (C=O) groups excluding carboxylic acids is 2. The topological polar surface area (TPSA) is 151 Å². The van der Waals surface area contributed by atoms with Crippen molar-refractivity contribution in [3.05, 3.63) is 145 Å². The van der Waals surface area contributed by atoms with Crippen LogP contribution in [0.15, 0.2) is 110 Å². The van der Waals surface area contributed by atoms with Crippen LogP contribution in [0.25, 0.3) is 0 Å². The van der Waals surface area contributed by atoms with Crippen LogP contribution in [0.2, 0.25) is 0 Å². The van der Waals surface area contributed by atoms with E-state index in [1.807, 2.05) is 0 Å². The number of nitrogens with zero attached hydrogens (tertiary/aromatic N) is 2. The molecule has 0 fully saturated rings. The first-order valence-corrected chi connectivity index (χ1v) is 20.3. The van der Waals surface area contributed by atoms with Gasteiger partial charge in [0.2, 0.25) is 31.9 Å². The van der Waals surface area contributed by atoms with Crippen molar-refractivity contribution in [1.29, 1.82) is 0 Å². The summed E-state index contributed by atoms with van der Waals surface area (Å²) < 4.78 is 126. The Bertz CT molecular complexity index is 2090. The number of sulfonamides is 2. The van der Waals surface area contributed by atoms with E-state index in [2.05, 4.69) is 22.6 Å². The molecule has 4 rings (SSSR count). The second-order valence-corrected chi connectivity index (χ2v) is 16.4. The van der Waals surface area contributed by atoms with Crippen LogP contribution in [0, 0.1) is 23.3 Å². The van der Waals surface area contributed by atoms with Gasteiger partial charge >= 0.3 is 0 Å². The first-order valence-electron chi connectivity index (χ1n) is 17.0. The Balaban J connectivity index is 1.69. The molecule has 2 N–H and O–H groups in total. The molecule has 12 nitrogen and oxygen atoms in total. The Morgan fingerprint density at radius 2 is 0.930 bits per heavy atom. The van der Waals surface area contributed by atoms with E-state index in [9.17, 15) is 44.0 Å². The number of hydrogen-bond donors (Lipinski definition) is 2. The molecule has 0 radical (unpaired) electrons. The summed E-state index contributed by atoms with van der Waals surface area (Å²) >= 11 is 0. The first kappa shape index (κ1) is 44.2. The number of nitrogens with one attached hydrogen (secondary N) is 2. The van der Waals surface area contributed by atoms with Gasteiger partial charge in [0.1, 0.15) is 46.9 Å². The molecule has 0 aliphatic carbocycles. The van der Waals surface area contributed by atoms with Gasteiger partial charge in [0, 0.05) is 36.6 Å². The van der Waals surface area contributed by atoms with E-state index in [4.69, 9.17) is 9.47 Å². The molecule has 0 aliphatic rings. The predicted octanol–water partition coefficient (Wildman–Crippen LogP) is 5.02. The smallest absolute Gasteiger partial charge is 0.245 e. The fourth-order valence-electron chi connectivity index (χ4n) is 5.80. The zero-order valence-electron chi connectivity index (χ0n) is 30.8. The molecule has 0 unspecified atom stereocenters. The molecule has 2 amide bonds. The van der Waals surface area contributed by atoms with Gasteiger partial charge in [-0.15, -0.1) is 13.2 Å². The van der Waals surface area contributed by atoms with E-state index < -0.39 is 85.1 Å². The minimum absolute atomic E-state index is 0.142. The Morgan fingerprint density at radius 1 is 0.614 bits per heavy atom. The summed E-state index contributed by atoms with van der Waals surface area (Å²) in [4.78, 5) is 30.4. The lowest BCUT2D eigenvalue weighted by molar-refractivity contribution is -0.120. The van der Waals surface area contributed by atoms with Gasteiger partial charge in [0.05, 0.1) is 14.2 Å². The average Bonchev–Trinajstić information content (AvgIpc) is 3.13. The van der Waals surface area contributed by atoms with E-state index in [0.29, 0.717) is 23.6 Å². The molecule has 18 heteroatoms.